The van der Waals surface area contributed by atoms with Gasteiger partial charge in [-0.2, -0.15) is 0 Å². The molecule has 3 rings (SSSR count). The molecule has 138 valence electrons. The minimum Gasteiger partial charge on any atom is -0.378 e. The first-order valence-electron chi connectivity index (χ1n) is 8.89. The number of rotatable bonds is 3. The van der Waals surface area contributed by atoms with Crippen LogP contribution in [0, 0.1) is 5.82 Å². The van der Waals surface area contributed by atoms with E-state index in [1.165, 1.54) is 6.07 Å². The lowest BCUT2D eigenvalue weighted by Crippen LogP contribution is -2.36. The Labute approximate surface area is 154 Å². The van der Waals surface area contributed by atoms with Crippen LogP contribution in [0.2, 0.25) is 0 Å². The van der Waals surface area contributed by atoms with Crippen molar-refractivity contribution >= 4 is 17.3 Å². The Balaban J connectivity index is 1.70. The predicted octanol–water partition coefficient (Wildman–Crippen LogP) is 4.21. The van der Waals surface area contributed by atoms with Crippen LogP contribution >= 0.6 is 0 Å². The van der Waals surface area contributed by atoms with Crippen LogP contribution in [0.4, 0.5) is 15.8 Å². The molecule has 26 heavy (non-hydrogen) atoms. The number of amides is 1. The molecule has 1 fully saturated rings. The fraction of sp³-hybridized carbons (Fsp3) is 0.381. The molecule has 1 N–H and O–H groups in total. The largest absolute Gasteiger partial charge is 0.378 e. The minimum absolute atomic E-state index is 0.0352. The van der Waals surface area contributed by atoms with Crippen LogP contribution in [0.25, 0.3) is 0 Å². The summed E-state index contributed by atoms with van der Waals surface area (Å²) in [7, 11) is 0. The highest BCUT2D eigenvalue weighted by molar-refractivity contribution is 6.04. The Morgan fingerprint density at radius 2 is 1.73 bits per heavy atom. The summed E-state index contributed by atoms with van der Waals surface area (Å²) in [6.07, 6.45) is 0. The molecule has 0 saturated carbocycles. The zero-order valence-corrected chi connectivity index (χ0v) is 15.5. The zero-order valence-electron chi connectivity index (χ0n) is 15.5. The highest BCUT2D eigenvalue weighted by Crippen LogP contribution is 2.25. The molecule has 2 aromatic carbocycles. The topological polar surface area (TPSA) is 41.6 Å². The van der Waals surface area contributed by atoms with Crippen LogP contribution in [-0.2, 0) is 10.2 Å². The first-order valence-corrected chi connectivity index (χ1v) is 8.89. The molecule has 0 atom stereocenters. The number of hydrogen-bond donors (Lipinski definition) is 1. The third-order valence-corrected chi connectivity index (χ3v) is 4.57. The number of benzene rings is 2. The van der Waals surface area contributed by atoms with Gasteiger partial charge in [0.05, 0.1) is 18.9 Å². The molecule has 1 heterocycles. The number of halogens is 1. The fourth-order valence-electron chi connectivity index (χ4n) is 2.97. The van der Waals surface area contributed by atoms with Gasteiger partial charge in [0.25, 0.3) is 5.91 Å². The van der Waals surface area contributed by atoms with Gasteiger partial charge in [-0.25, -0.2) is 4.39 Å². The molecule has 0 aliphatic carbocycles. The summed E-state index contributed by atoms with van der Waals surface area (Å²) in [4.78, 5) is 14.4. The number of nitrogens with zero attached hydrogens (tertiary/aromatic N) is 1. The number of anilines is 2. The number of morpholine rings is 1. The second-order valence-corrected chi connectivity index (χ2v) is 7.55. The number of hydrogen-bond acceptors (Lipinski definition) is 3. The van der Waals surface area contributed by atoms with Crippen LogP contribution in [0.15, 0.2) is 42.5 Å². The third kappa shape index (κ3) is 4.22. The summed E-state index contributed by atoms with van der Waals surface area (Å²) in [5.74, 6) is -0.586. The summed E-state index contributed by atoms with van der Waals surface area (Å²) >= 11 is 0. The van der Waals surface area contributed by atoms with Crippen molar-refractivity contribution in [2.45, 2.75) is 26.2 Å². The summed E-state index contributed by atoms with van der Waals surface area (Å²) in [5.41, 5.74) is 2.74. The molecule has 4 nitrogen and oxygen atoms in total. The van der Waals surface area contributed by atoms with E-state index in [9.17, 15) is 9.18 Å². The molecular weight excluding hydrogens is 331 g/mol. The van der Waals surface area contributed by atoms with Gasteiger partial charge in [0.2, 0.25) is 0 Å². The molecule has 0 radical (unpaired) electrons. The molecule has 2 aromatic rings. The van der Waals surface area contributed by atoms with Crippen molar-refractivity contribution in [2.75, 3.05) is 36.5 Å². The number of carbonyl (C=O) groups is 1. The molecule has 0 spiro atoms. The van der Waals surface area contributed by atoms with E-state index in [-0.39, 0.29) is 17.1 Å². The summed E-state index contributed by atoms with van der Waals surface area (Å²) in [5, 5.41) is 2.77. The monoisotopic (exact) mass is 356 g/mol. The molecule has 5 heteroatoms. The normalized spacial score (nSPS) is 15.0. The fourth-order valence-corrected chi connectivity index (χ4v) is 2.97. The van der Waals surface area contributed by atoms with Gasteiger partial charge in [-0.05, 0) is 41.3 Å². The Bertz CT molecular complexity index is 776. The van der Waals surface area contributed by atoms with Gasteiger partial charge in [-0.15, -0.1) is 0 Å². The van der Waals surface area contributed by atoms with Crippen molar-refractivity contribution in [2.24, 2.45) is 0 Å². The Morgan fingerprint density at radius 1 is 1.08 bits per heavy atom. The van der Waals surface area contributed by atoms with Crippen molar-refractivity contribution in [1.82, 2.24) is 0 Å². The van der Waals surface area contributed by atoms with Gasteiger partial charge in [-0.1, -0.05) is 32.9 Å². The van der Waals surface area contributed by atoms with E-state index in [2.05, 4.69) is 26.1 Å². The lowest BCUT2D eigenvalue weighted by molar-refractivity contribution is 0.102. The Hall–Kier alpha value is -2.40. The first-order chi connectivity index (χ1) is 12.3. The van der Waals surface area contributed by atoms with Crippen LogP contribution in [0.5, 0.6) is 0 Å². The van der Waals surface area contributed by atoms with Crippen molar-refractivity contribution in [1.29, 1.82) is 0 Å². The maximum atomic E-state index is 14.4. The Kier molecular flexibility index (Phi) is 5.28. The molecule has 0 bridgehead atoms. The summed E-state index contributed by atoms with van der Waals surface area (Å²) in [6, 6.07) is 12.3. The lowest BCUT2D eigenvalue weighted by Gasteiger charge is -2.29. The SMILES string of the molecule is CC(C)(C)c1ccc(C(=O)Nc2ccc(N3CCOCC3)c(F)c2)cc1. The number of nitrogens with one attached hydrogen (secondary N) is 1. The lowest BCUT2D eigenvalue weighted by atomic mass is 9.87. The number of ether oxygens (including phenoxy) is 1. The Morgan fingerprint density at radius 3 is 2.31 bits per heavy atom. The van der Waals surface area contributed by atoms with Crippen LogP contribution in [0.1, 0.15) is 36.7 Å². The van der Waals surface area contributed by atoms with Crippen LogP contribution in [0.3, 0.4) is 0 Å². The van der Waals surface area contributed by atoms with Crippen molar-refractivity contribution in [3.8, 4) is 0 Å². The molecule has 1 aliphatic heterocycles. The van der Waals surface area contributed by atoms with E-state index in [4.69, 9.17) is 4.74 Å². The van der Waals surface area contributed by atoms with Gasteiger partial charge in [0, 0.05) is 24.3 Å². The maximum Gasteiger partial charge on any atom is 0.255 e. The quantitative estimate of drug-likeness (QED) is 0.896. The van der Waals surface area contributed by atoms with E-state index in [1.807, 2.05) is 17.0 Å². The minimum atomic E-state index is -0.340. The van der Waals surface area contributed by atoms with E-state index >= 15 is 0 Å². The second-order valence-electron chi connectivity index (χ2n) is 7.55. The van der Waals surface area contributed by atoms with E-state index in [0.29, 0.717) is 43.2 Å². The molecule has 0 unspecified atom stereocenters. The molecular formula is C21H25FN2O2. The number of carbonyl (C=O) groups excluding carboxylic acids is 1. The maximum absolute atomic E-state index is 14.4. The second kappa shape index (κ2) is 7.46. The van der Waals surface area contributed by atoms with Crippen LogP contribution < -0.4 is 10.2 Å². The molecule has 1 amide bonds. The summed E-state index contributed by atoms with van der Waals surface area (Å²) < 4.78 is 19.7. The van der Waals surface area contributed by atoms with Gasteiger partial charge < -0.3 is 15.0 Å². The van der Waals surface area contributed by atoms with E-state index < -0.39 is 0 Å². The van der Waals surface area contributed by atoms with Gasteiger partial charge in [-0.3, -0.25) is 4.79 Å². The smallest absolute Gasteiger partial charge is 0.255 e. The zero-order chi connectivity index (χ0) is 18.7. The van der Waals surface area contributed by atoms with Crippen molar-refractivity contribution < 1.29 is 13.9 Å². The van der Waals surface area contributed by atoms with E-state index in [0.717, 1.165) is 5.56 Å². The van der Waals surface area contributed by atoms with Gasteiger partial charge >= 0.3 is 0 Å². The standard InChI is InChI=1S/C21H25FN2O2/c1-21(2,3)16-6-4-15(5-7-16)20(25)23-17-8-9-19(18(22)14-17)24-10-12-26-13-11-24/h4-9,14H,10-13H2,1-3H3,(H,23,25). The molecule has 1 saturated heterocycles. The molecule has 1 aliphatic rings. The van der Waals surface area contributed by atoms with Crippen molar-refractivity contribution in [3.05, 3.63) is 59.4 Å². The first kappa shape index (κ1) is 18.4. The predicted molar refractivity (Wildman–Crippen MR) is 103 cm³/mol. The third-order valence-electron chi connectivity index (χ3n) is 4.57. The van der Waals surface area contributed by atoms with Gasteiger partial charge in [0.15, 0.2) is 0 Å². The van der Waals surface area contributed by atoms with Crippen molar-refractivity contribution in [3.63, 3.8) is 0 Å². The van der Waals surface area contributed by atoms with E-state index in [1.54, 1.807) is 24.3 Å². The summed E-state index contributed by atoms with van der Waals surface area (Å²) in [6.45, 7) is 8.92. The van der Waals surface area contributed by atoms with Gasteiger partial charge in [0.1, 0.15) is 5.82 Å². The highest BCUT2D eigenvalue weighted by Gasteiger charge is 2.17. The van der Waals surface area contributed by atoms with Crippen LogP contribution in [-0.4, -0.2) is 32.2 Å². The average molecular weight is 356 g/mol. The average Bonchev–Trinajstić information content (AvgIpc) is 2.62. The highest BCUT2D eigenvalue weighted by atomic mass is 19.1. The molecule has 0 aromatic heterocycles.